The lowest BCUT2D eigenvalue weighted by atomic mass is 9.95. The smallest absolute Gasteiger partial charge is 0.254 e. The van der Waals surface area contributed by atoms with Gasteiger partial charge in [0, 0.05) is 24.7 Å². The zero-order valence-corrected chi connectivity index (χ0v) is 17.4. The monoisotopic (exact) mass is 402 g/mol. The van der Waals surface area contributed by atoms with Crippen molar-refractivity contribution < 1.29 is 9.90 Å². The zero-order valence-electron chi connectivity index (χ0n) is 17.4. The van der Waals surface area contributed by atoms with Crippen molar-refractivity contribution in [2.24, 2.45) is 7.05 Å². The fraction of sp³-hybridized carbons (Fsp3) is 0.375. The predicted molar refractivity (Wildman–Crippen MR) is 114 cm³/mol. The van der Waals surface area contributed by atoms with Crippen LogP contribution in [0.5, 0.6) is 0 Å². The Kier molecular flexibility index (Phi) is 4.66. The van der Waals surface area contributed by atoms with Crippen molar-refractivity contribution in [1.29, 1.82) is 0 Å². The van der Waals surface area contributed by atoms with Gasteiger partial charge in [-0.1, -0.05) is 35.5 Å². The second kappa shape index (κ2) is 7.36. The number of carbonyl (C=O) groups excluding carboxylic acids is 1. The van der Waals surface area contributed by atoms with E-state index in [1.54, 1.807) is 4.68 Å². The van der Waals surface area contributed by atoms with E-state index in [1.807, 2.05) is 18.1 Å². The van der Waals surface area contributed by atoms with E-state index in [-0.39, 0.29) is 11.9 Å². The molecule has 2 heterocycles. The number of carbonyl (C=O) groups is 1. The molecule has 1 fully saturated rings. The van der Waals surface area contributed by atoms with E-state index < -0.39 is 6.10 Å². The summed E-state index contributed by atoms with van der Waals surface area (Å²) in [5.41, 5.74) is 7.34. The first-order valence-corrected chi connectivity index (χ1v) is 10.6. The van der Waals surface area contributed by atoms with Crippen molar-refractivity contribution in [2.75, 3.05) is 0 Å². The Balaban J connectivity index is 1.37. The number of aryl methyl sites for hydroxylation is 2. The molecular weight excluding hydrogens is 376 g/mol. The van der Waals surface area contributed by atoms with Gasteiger partial charge in [0.15, 0.2) is 0 Å². The minimum Gasteiger partial charge on any atom is -0.391 e. The molecule has 1 saturated carbocycles. The molecule has 6 nitrogen and oxygen atoms in total. The van der Waals surface area contributed by atoms with Crippen molar-refractivity contribution in [3.8, 4) is 11.3 Å². The van der Waals surface area contributed by atoms with Gasteiger partial charge in [0.05, 0.1) is 18.3 Å². The molecule has 0 spiro atoms. The lowest BCUT2D eigenvalue weighted by molar-refractivity contribution is 0.0479. The van der Waals surface area contributed by atoms with Gasteiger partial charge in [0.25, 0.3) is 5.91 Å². The van der Waals surface area contributed by atoms with Crippen molar-refractivity contribution >= 4 is 5.91 Å². The molecule has 0 radical (unpaired) electrons. The maximum absolute atomic E-state index is 13.0. The lowest BCUT2D eigenvalue weighted by Crippen LogP contribution is -2.40. The Hall–Kier alpha value is -2.99. The maximum Gasteiger partial charge on any atom is 0.254 e. The van der Waals surface area contributed by atoms with Crippen LogP contribution >= 0.6 is 0 Å². The van der Waals surface area contributed by atoms with Gasteiger partial charge in [-0.15, -0.1) is 5.10 Å². The van der Waals surface area contributed by atoms with Crippen molar-refractivity contribution in [1.82, 2.24) is 19.9 Å². The van der Waals surface area contributed by atoms with E-state index in [0.717, 1.165) is 48.1 Å². The Morgan fingerprint density at radius 3 is 2.63 bits per heavy atom. The summed E-state index contributed by atoms with van der Waals surface area (Å²) in [5, 5.41) is 18.4. The zero-order chi connectivity index (χ0) is 20.8. The van der Waals surface area contributed by atoms with Gasteiger partial charge in [-0.2, -0.15) is 0 Å². The minimum atomic E-state index is -0.392. The molecule has 0 saturated heterocycles. The van der Waals surface area contributed by atoms with Gasteiger partial charge in [-0.25, -0.2) is 0 Å². The number of aliphatic hydroxyl groups excluding tert-OH is 1. The molecule has 0 bridgehead atoms. The molecule has 2 unspecified atom stereocenters. The average molecular weight is 402 g/mol. The third kappa shape index (κ3) is 3.31. The topological polar surface area (TPSA) is 71.2 Å². The summed E-state index contributed by atoms with van der Waals surface area (Å²) in [5.74, 6) is 0.0650. The molecule has 1 aliphatic heterocycles. The molecule has 6 heteroatoms. The van der Waals surface area contributed by atoms with Gasteiger partial charge in [-0.05, 0) is 60.9 Å². The molecule has 2 aliphatic rings. The Bertz CT molecular complexity index is 1100. The van der Waals surface area contributed by atoms with Crippen LogP contribution in [0.15, 0.2) is 42.6 Å². The number of aromatic nitrogens is 3. The largest absolute Gasteiger partial charge is 0.391 e. The molecule has 1 N–H and O–H groups in total. The number of hydrogen-bond donors (Lipinski definition) is 1. The van der Waals surface area contributed by atoms with E-state index in [9.17, 15) is 9.90 Å². The quantitative estimate of drug-likeness (QED) is 0.727. The van der Waals surface area contributed by atoms with Crippen LogP contribution in [0.3, 0.4) is 0 Å². The number of rotatable bonds is 4. The molecule has 2 atom stereocenters. The highest BCUT2D eigenvalue weighted by Gasteiger charge is 2.38. The number of aliphatic hydroxyl groups is 1. The van der Waals surface area contributed by atoms with E-state index >= 15 is 0 Å². The summed E-state index contributed by atoms with van der Waals surface area (Å²) in [4.78, 5) is 14.9. The number of benzene rings is 2. The Morgan fingerprint density at radius 1 is 1.17 bits per heavy atom. The van der Waals surface area contributed by atoms with E-state index in [2.05, 4.69) is 53.6 Å². The molecule has 30 heavy (non-hydrogen) atoms. The van der Waals surface area contributed by atoms with E-state index in [4.69, 9.17) is 0 Å². The van der Waals surface area contributed by atoms with Crippen LogP contribution in [-0.2, 0) is 20.0 Å². The first-order valence-electron chi connectivity index (χ1n) is 10.6. The second-order valence-corrected chi connectivity index (χ2v) is 8.59. The summed E-state index contributed by atoms with van der Waals surface area (Å²) in [6.07, 6.45) is 4.96. The molecule has 5 rings (SSSR count). The molecule has 154 valence electrons. The summed E-state index contributed by atoms with van der Waals surface area (Å²) < 4.78 is 1.70. The first-order chi connectivity index (χ1) is 14.5. The van der Waals surface area contributed by atoms with Crippen LogP contribution in [0.1, 0.15) is 51.9 Å². The van der Waals surface area contributed by atoms with E-state index in [1.165, 1.54) is 16.7 Å². The van der Waals surface area contributed by atoms with Crippen LogP contribution in [0.25, 0.3) is 11.3 Å². The Morgan fingerprint density at radius 2 is 1.97 bits per heavy atom. The normalized spacial score (nSPS) is 20.8. The fourth-order valence-electron chi connectivity index (χ4n) is 4.79. The van der Waals surface area contributed by atoms with Crippen molar-refractivity contribution in [3.05, 3.63) is 70.4 Å². The minimum absolute atomic E-state index is 0.0395. The molecular formula is C24H26N4O2. The van der Waals surface area contributed by atoms with Gasteiger partial charge in [0.1, 0.15) is 5.69 Å². The molecule has 2 aromatic carbocycles. The third-order valence-corrected chi connectivity index (χ3v) is 6.48. The highest BCUT2D eigenvalue weighted by Crippen LogP contribution is 2.33. The van der Waals surface area contributed by atoms with Crippen LogP contribution in [0, 0.1) is 6.92 Å². The highest BCUT2D eigenvalue weighted by atomic mass is 16.3. The molecule has 3 aromatic rings. The summed E-state index contributed by atoms with van der Waals surface area (Å²) >= 11 is 0. The van der Waals surface area contributed by atoms with E-state index in [0.29, 0.717) is 6.54 Å². The van der Waals surface area contributed by atoms with Crippen LogP contribution in [0.4, 0.5) is 0 Å². The summed E-state index contributed by atoms with van der Waals surface area (Å²) in [6.45, 7) is 2.73. The maximum atomic E-state index is 13.0. The average Bonchev–Trinajstić information content (AvgIpc) is 3.43. The predicted octanol–water partition coefficient (Wildman–Crippen LogP) is 3.25. The first kappa shape index (κ1) is 19.0. The number of amides is 1. The fourth-order valence-corrected chi connectivity index (χ4v) is 4.79. The molecule has 1 aliphatic carbocycles. The van der Waals surface area contributed by atoms with Gasteiger partial charge >= 0.3 is 0 Å². The SMILES string of the molecule is Cc1cc2c(cc1Cc1ccc(-c3cn(C)nn3)cc1)C(=O)N(C1CCCC1O)C2. The lowest BCUT2D eigenvalue weighted by Gasteiger charge is -2.26. The van der Waals surface area contributed by atoms with Crippen molar-refractivity contribution in [3.63, 3.8) is 0 Å². The van der Waals surface area contributed by atoms with Crippen LogP contribution < -0.4 is 0 Å². The molecule has 1 amide bonds. The van der Waals surface area contributed by atoms with Gasteiger partial charge < -0.3 is 10.0 Å². The second-order valence-electron chi connectivity index (χ2n) is 8.59. The number of nitrogens with zero attached hydrogens (tertiary/aromatic N) is 4. The number of fused-ring (bicyclic) bond motifs is 1. The van der Waals surface area contributed by atoms with Crippen molar-refractivity contribution in [2.45, 2.75) is 51.3 Å². The molecule has 1 aromatic heterocycles. The Labute approximate surface area is 176 Å². The van der Waals surface area contributed by atoms with Crippen LogP contribution in [-0.4, -0.2) is 43.1 Å². The van der Waals surface area contributed by atoms with Crippen LogP contribution in [0.2, 0.25) is 0 Å². The third-order valence-electron chi connectivity index (χ3n) is 6.48. The summed E-state index contributed by atoms with van der Waals surface area (Å²) in [6, 6.07) is 12.5. The summed E-state index contributed by atoms with van der Waals surface area (Å²) in [7, 11) is 1.86. The standard InChI is InChI=1S/C24H26N4O2/c1-15-10-19-13-28(22-4-3-5-23(22)29)24(30)20(19)12-18(15)11-16-6-8-17(9-7-16)21-14-27(2)26-25-21/h6-10,12,14,22-23,29H,3-5,11,13H2,1-2H3. The van der Waals surface area contributed by atoms with Gasteiger partial charge in [-0.3, -0.25) is 9.48 Å². The number of hydrogen-bond acceptors (Lipinski definition) is 4. The highest BCUT2D eigenvalue weighted by molar-refractivity contribution is 5.99. The van der Waals surface area contributed by atoms with Gasteiger partial charge in [0.2, 0.25) is 0 Å².